The fraction of sp³-hybridized carbons (Fsp3) is 0.143. The first-order valence-corrected chi connectivity index (χ1v) is 8.31. The molecule has 0 saturated heterocycles. The topological polar surface area (TPSA) is 72.7 Å². The third-order valence-electron chi connectivity index (χ3n) is 2.80. The first kappa shape index (κ1) is 14.7. The zero-order valence-electron chi connectivity index (χ0n) is 11.8. The summed E-state index contributed by atoms with van der Waals surface area (Å²) in [5.74, 6) is 0.161. The molecule has 3 aromatic rings. The predicted molar refractivity (Wildman–Crippen MR) is 87.9 cm³/mol. The maximum atomic E-state index is 11.9. The van der Waals surface area contributed by atoms with Gasteiger partial charge in [0, 0.05) is 25.0 Å². The third kappa shape index (κ3) is 3.52. The normalized spacial score (nSPS) is 10.6. The molecule has 0 saturated carbocycles. The lowest BCUT2D eigenvalue weighted by Crippen LogP contribution is -2.14. The first-order chi connectivity index (χ1) is 10.7. The molecule has 0 aliphatic carbocycles. The molecule has 22 heavy (non-hydrogen) atoms. The zero-order chi connectivity index (χ0) is 15.4. The number of aromatic nitrogens is 4. The van der Waals surface area contributed by atoms with E-state index in [2.05, 4.69) is 20.5 Å². The molecule has 0 atom stereocenters. The Hall–Kier alpha value is -2.19. The summed E-state index contributed by atoms with van der Waals surface area (Å²) >= 11 is 2.74. The Morgan fingerprint density at radius 2 is 2.14 bits per heavy atom. The van der Waals surface area contributed by atoms with Gasteiger partial charge in [-0.2, -0.15) is 0 Å². The van der Waals surface area contributed by atoms with Crippen LogP contribution in [0.15, 0.2) is 47.9 Å². The molecule has 112 valence electrons. The maximum Gasteiger partial charge on any atom is 0.236 e. The molecule has 1 aromatic carbocycles. The minimum absolute atomic E-state index is 0.122. The molecule has 1 N–H and O–H groups in total. The van der Waals surface area contributed by atoms with Gasteiger partial charge < -0.3 is 4.57 Å². The molecule has 0 fully saturated rings. The highest BCUT2D eigenvalue weighted by Gasteiger charge is 2.11. The molecule has 0 aliphatic rings. The van der Waals surface area contributed by atoms with Gasteiger partial charge in [-0.05, 0) is 0 Å². The Kier molecular flexibility index (Phi) is 4.50. The Bertz CT molecular complexity index is 768. The smallest absolute Gasteiger partial charge is 0.236 e. The molecule has 6 nitrogen and oxygen atoms in total. The minimum atomic E-state index is -0.122. The monoisotopic (exact) mass is 331 g/mol. The third-order valence-corrected chi connectivity index (χ3v) is 4.75. The molecule has 1 amide bonds. The number of imidazole rings is 1. The van der Waals surface area contributed by atoms with Crippen molar-refractivity contribution in [2.45, 2.75) is 5.16 Å². The largest absolute Gasteiger partial charge is 0.329 e. The average molecular weight is 331 g/mol. The summed E-state index contributed by atoms with van der Waals surface area (Å²) < 4.78 is 1.87. The lowest BCUT2D eigenvalue weighted by molar-refractivity contribution is -0.113. The van der Waals surface area contributed by atoms with Crippen LogP contribution in [0.3, 0.4) is 0 Å². The zero-order valence-corrected chi connectivity index (χ0v) is 13.4. The maximum absolute atomic E-state index is 11.9. The highest BCUT2D eigenvalue weighted by molar-refractivity contribution is 7.99. The molecule has 0 unspecified atom stereocenters. The van der Waals surface area contributed by atoms with E-state index in [1.807, 2.05) is 48.1 Å². The molecule has 2 aromatic heterocycles. The summed E-state index contributed by atoms with van der Waals surface area (Å²) in [4.78, 5) is 16.1. The Labute approximate surface area is 135 Å². The molecular formula is C14H13N5OS2. The number of nitrogens with zero attached hydrogens (tertiary/aromatic N) is 4. The van der Waals surface area contributed by atoms with Gasteiger partial charge in [0.2, 0.25) is 11.0 Å². The number of rotatable bonds is 5. The summed E-state index contributed by atoms with van der Waals surface area (Å²) in [6.45, 7) is 0. The van der Waals surface area contributed by atoms with Crippen LogP contribution in [0.1, 0.15) is 0 Å². The number of hydrogen-bond acceptors (Lipinski definition) is 6. The predicted octanol–water partition coefficient (Wildman–Crippen LogP) is 2.67. The van der Waals surface area contributed by atoms with E-state index in [1.54, 1.807) is 6.20 Å². The van der Waals surface area contributed by atoms with Crippen LogP contribution < -0.4 is 5.32 Å². The van der Waals surface area contributed by atoms with Crippen LogP contribution in [-0.2, 0) is 11.8 Å². The van der Waals surface area contributed by atoms with Gasteiger partial charge in [-0.3, -0.25) is 10.1 Å². The van der Waals surface area contributed by atoms with E-state index < -0.39 is 0 Å². The van der Waals surface area contributed by atoms with E-state index in [-0.39, 0.29) is 11.7 Å². The molecule has 8 heteroatoms. The molecule has 0 spiro atoms. The van der Waals surface area contributed by atoms with E-state index in [4.69, 9.17) is 0 Å². The number of carbonyl (C=O) groups excluding carboxylic acids is 1. The van der Waals surface area contributed by atoms with Crippen molar-refractivity contribution in [3.05, 3.63) is 42.7 Å². The standard InChI is InChI=1S/C14H13N5OS2/c1-19-8-7-15-14(19)21-9-11(20)16-13-18-17-12(22-13)10-5-3-2-4-6-10/h2-8H,9H2,1H3,(H,16,18,20). The summed E-state index contributed by atoms with van der Waals surface area (Å²) in [5.41, 5.74) is 0.989. The molecule has 0 bridgehead atoms. The van der Waals surface area contributed by atoms with Gasteiger partial charge in [-0.25, -0.2) is 4.98 Å². The summed E-state index contributed by atoms with van der Waals surface area (Å²) in [5, 5.41) is 12.9. The van der Waals surface area contributed by atoms with Gasteiger partial charge in [0.1, 0.15) is 5.01 Å². The molecule has 3 rings (SSSR count). The number of thioether (sulfide) groups is 1. The number of aryl methyl sites for hydroxylation is 1. The number of amides is 1. The van der Waals surface area contributed by atoms with Crippen LogP contribution in [0.4, 0.5) is 5.13 Å². The lowest BCUT2D eigenvalue weighted by Gasteiger charge is -2.01. The molecular weight excluding hydrogens is 318 g/mol. The van der Waals surface area contributed by atoms with E-state index in [0.717, 1.165) is 15.7 Å². The molecule has 0 aliphatic heterocycles. The van der Waals surface area contributed by atoms with Crippen molar-refractivity contribution < 1.29 is 4.79 Å². The van der Waals surface area contributed by atoms with E-state index in [0.29, 0.717) is 5.13 Å². The molecule has 0 radical (unpaired) electrons. The highest BCUT2D eigenvalue weighted by Crippen LogP contribution is 2.26. The van der Waals surface area contributed by atoms with Crippen molar-refractivity contribution >= 4 is 34.1 Å². The summed E-state index contributed by atoms with van der Waals surface area (Å²) in [6.07, 6.45) is 3.55. The summed E-state index contributed by atoms with van der Waals surface area (Å²) in [6, 6.07) is 9.76. The Morgan fingerprint density at radius 1 is 1.32 bits per heavy atom. The second-order valence-electron chi connectivity index (χ2n) is 4.44. The minimum Gasteiger partial charge on any atom is -0.329 e. The number of nitrogens with one attached hydrogen (secondary N) is 1. The van der Waals surface area contributed by atoms with Crippen LogP contribution in [0.2, 0.25) is 0 Å². The van der Waals surface area contributed by atoms with Crippen molar-refractivity contribution in [1.82, 2.24) is 19.7 Å². The fourth-order valence-electron chi connectivity index (χ4n) is 1.75. The van der Waals surface area contributed by atoms with Crippen LogP contribution in [0.5, 0.6) is 0 Å². The molecule has 2 heterocycles. The van der Waals surface area contributed by atoms with Gasteiger partial charge in [0.25, 0.3) is 0 Å². The van der Waals surface area contributed by atoms with Crippen LogP contribution in [-0.4, -0.2) is 31.4 Å². The summed E-state index contributed by atoms with van der Waals surface area (Å²) in [7, 11) is 1.89. The van der Waals surface area contributed by atoms with Crippen LogP contribution >= 0.6 is 23.1 Å². The van der Waals surface area contributed by atoms with Gasteiger partial charge >= 0.3 is 0 Å². The van der Waals surface area contributed by atoms with Gasteiger partial charge in [0.05, 0.1) is 5.75 Å². The number of carbonyl (C=O) groups is 1. The second-order valence-corrected chi connectivity index (χ2v) is 6.36. The van der Waals surface area contributed by atoms with Gasteiger partial charge in [-0.15, -0.1) is 10.2 Å². The average Bonchev–Trinajstić information content (AvgIpc) is 3.15. The second kappa shape index (κ2) is 6.71. The SMILES string of the molecule is Cn1ccnc1SCC(=O)Nc1nnc(-c2ccccc2)s1. The lowest BCUT2D eigenvalue weighted by atomic mass is 10.2. The Morgan fingerprint density at radius 3 is 2.86 bits per heavy atom. The van der Waals surface area contributed by atoms with Crippen molar-refractivity contribution in [3.8, 4) is 10.6 Å². The van der Waals surface area contributed by atoms with Gasteiger partial charge in [0.15, 0.2) is 5.16 Å². The van der Waals surface area contributed by atoms with Crippen molar-refractivity contribution in [3.63, 3.8) is 0 Å². The Balaban J connectivity index is 1.58. The number of hydrogen-bond donors (Lipinski definition) is 1. The first-order valence-electron chi connectivity index (χ1n) is 6.51. The van der Waals surface area contributed by atoms with E-state index >= 15 is 0 Å². The quantitative estimate of drug-likeness (QED) is 0.728. The van der Waals surface area contributed by atoms with Crippen LogP contribution in [0, 0.1) is 0 Å². The van der Waals surface area contributed by atoms with E-state index in [9.17, 15) is 4.79 Å². The van der Waals surface area contributed by atoms with Crippen LogP contribution in [0.25, 0.3) is 10.6 Å². The van der Waals surface area contributed by atoms with Gasteiger partial charge in [-0.1, -0.05) is 53.4 Å². The number of benzene rings is 1. The van der Waals surface area contributed by atoms with Crippen molar-refractivity contribution in [1.29, 1.82) is 0 Å². The number of anilines is 1. The van der Waals surface area contributed by atoms with Crippen molar-refractivity contribution in [2.75, 3.05) is 11.1 Å². The highest BCUT2D eigenvalue weighted by atomic mass is 32.2. The fourth-order valence-corrected chi connectivity index (χ4v) is 3.25. The van der Waals surface area contributed by atoms with E-state index in [1.165, 1.54) is 23.1 Å². The van der Waals surface area contributed by atoms with Crippen molar-refractivity contribution in [2.24, 2.45) is 7.05 Å².